The lowest BCUT2D eigenvalue weighted by atomic mass is 9.84. The zero-order valence-electron chi connectivity index (χ0n) is 36.2. The molecule has 2 aliphatic carbocycles. The fourth-order valence-corrected chi connectivity index (χ4v) is 10.6. The Kier molecular flexibility index (Phi) is 12.8. The molecule has 0 radical (unpaired) electrons. The number of hydrogen-bond acceptors (Lipinski definition) is 10. The van der Waals surface area contributed by atoms with Crippen molar-refractivity contribution in [2.45, 2.75) is 102 Å². The van der Waals surface area contributed by atoms with Crippen LogP contribution in [0.25, 0.3) is 11.0 Å². The van der Waals surface area contributed by atoms with Crippen LogP contribution in [0.1, 0.15) is 104 Å². The number of imidazole rings is 1. The molecule has 5 aromatic rings. The summed E-state index contributed by atoms with van der Waals surface area (Å²) in [7, 11) is 1.45. The van der Waals surface area contributed by atoms with Crippen LogP contribution >= 0.6 is 11.6 Å². The highest BCUT2D eigenvalue weighted by Gasteiger charge is 2.34. The maximum Gasteiger partial charge on any atom is 0.414 e. The van der Waals surface area contributed by atoms with Crippen LogP contribution in [0.2, 0.25) is 5.02 Å². The van der Waals surface area contributed by atoms with Gasteiger partial charge in [-0.3, -0.25) is 14.6 Å². The molecule has 0 bridgehead atoms. The first-order valence-corrected chi connectivity index (χ1v) is 23.0. The molecule has 1 N–H and O–H groups in total. The van der Waals surface area contributed by atoms with Gasteiger partial charge in [-0.05, 0) is 113 Å². The lowest BCUT2D eigenvalue weighted by Crippen LogP contribution is -2.48. The first-order chi connectivity index (χ1) is 30.7. The summed E-state index contributed by atoms with van der Waals surface area (Å²) < 4.78 is 13.9. The van der Waals surface area contributed by atoms with Crippen molar-refractivity contribution in [3.05, 3.63) is 106 Å². The molecular weight excluding hydrogens is 814 g/mol. The molecule has 2 aromatic heterocycles. The molecule has 2 amide bonds. The number of carbonyl (C=O) groups excluding carboxylic acids is 2. The van der Waals surface area contributed by atoms with Gasteiger partial charge in [0.25, 0.3) is 5.91 Å². The van der Waals surface area contributed by atoms with E-state index in [1.165, 1.54) is 31.0 Å². The molecule has 328 valence electrons. The Morgan fingerprint density at radius 2 is 1.73 bits per heavy atom. The van der Waals surface area contributed by atoms with E-state index in [-0.39, 0.29) is 30.2 Å². The van der Waals surface area contributed by atoms with Crippen LogP contribution in [-0.2, 0) is 17.6 Å². The Morgan fingerprint density at radius 1 is 0.921 bits per heavy atom. The van der Waals surface area contributed by atoms with E-state index in [0.29, 0.717) is 34.0 Å². The number of halogens is 1. The second-order valence-corrected chi connectivity index (χ2v) is 18.2. The summed E-state index contributed by atoms with van der Waals surface area (Å²) in [6.45, 7) is 6.76. The van der Waals surface area contributed by atoms with Gasteiger partial charge in [0.05, 0.1) is 40.5 Å². The van der Waals surface area contributed by atoms with Crippen LogP contribution in [0.15, 0.2) is 72.8 Å². The van der Waals surface area contributed by atoms with Crippen molar-refractivity contribution in [2.24, 2.45) is 5.92 Å². The van der Waals surface area contributed by atoms with Gasteiger partial charge in [-0.15, -0.1) is 10.2 Å². The number of aromatic nitrogens is 4. The van der Waals surface area contributed by atoms with Gasteiger partial charge in [0.1, 0.15) is 17.6 Å². The van der Waals surface area contributed by atoms with Crippen molar-refractivity contribution in [3.8, 4) is 11.8 Å². The average molecular weight is 870 g/mol. The van der Waals surface area contributed by atoms with Gasteiger partial charge in [-0.2, -0.15) is 5.26 Å². The molecule has 63 heavy (non-hydrogen) atoms. The molecule has 4 aliphatic rings. The monoisotopic (exact) mass is 869 g/mol. The van der Waals surface area contributed by atoms with Crippen molar-refractivity contribution < 1.29 is 19.1 Å². The van der Waals surface area contributed by atoms with E-state index in [9.17, 15) is 9.59 Å². The number of nitrogens with one attached hydrogen (secondary N) is 1. The highest BCUT2D eigenvalue weighted by molar-refractivity contribution is 6.31. The standard InChI is InChI=1S/C49H56ClN9O4/c1-32-11-18-40-43(58(32)49(61)62-2)20-21-44-47(40)53-46(28-33-7-4-3-5-8-33)59(44)37-10-6-9-34(27-37)31-56-23-25-57(26-24-56)45-22-19-42(54-55-45)48(60)52-36-13-16-38(17-14-36)63-39-15-12-35(30-51)41(50)29-39/h3-5,7-8,12,15,19-22,29,32,34,36-38H,6,9-11,13-14,16-18,23-28,31H2,1-2H3,(H,52,60)/t32-,34-,36?,37?,38?/m0/s1. The smallest absolute Gasteiger partial charge is 0.414 e. The first kappa shape index (κ1) is 42.6. The number of piperazine rings is 1. The van der Waals surface area contributed by atoms with E-state index in [2.05, 4.69) is 85.3 Å². The molecule has 13 nitrogen and oxygen atoms in total. The normalized spacial score (nSPS) is 22.9. The van der Waals surface area contributed by atoms with Gasteiger partial charge >= 0.3 is 6.09 Å². The number of ether oxygens (including phenoxy) is 2. The maximum absolute atomic E-state index is 13.2. The van der Waals surface area contributed by atoms with E-state index < -0.39 is 0 Å². The van der Waals surface area contributed by atoms with Gasteiger partial charge in [0, 0.05) is 68.9 Å². The highest BCUT2D eigenvalue weighted by Crippen LogP contribution is 2.41. The number of hydrogen-bond donors (Lipinski definition) is 1. The molecule has 4 heterocycles. The third-order valence-corrected chi connectivity index (χ3v) is 14.0. The summed E-state index contributed by atoms with van der Waals surface area (Å²) in [4.78, 5) is 38.1. The minimum Gasteiger partial charge on any atom is -0.490 e. The number of methoxy groups -OCH3 is 1. The van der Waals surface area contributed by atoms with Crippen molar-refractivity contribution >= 4 is 46.1 Å². The zero-order valence-corrected chi connectivity index (χ0v) is 37.0. The second-order valence-electron chi connectivity index (χ2n) is 17.8. The minimum absolute atomic E-state index is 0.0297. The molecule has 9 rings (SSSR count). The van der Waals surface area contributed by atoms with E-state index in [1.807, 2.05) is 6.07 Å². The Hall–Kier alpha value is -5.71. The largest absolute Gasteiger partial charge is 0.490 e. The Balaban J connectivity index is 0.792. The van der Waals surface area contributed by atoms with E-state index in [0.717, 1.165) is 119 Å². The summed E-state index contributed by atoms with van der Waals surface area (Å²) in [6.07, 6.45) is 10.1. The van der Waals surface area contributed by atoms with Crippen LogP contribution in [0.4, 0.5) is 16.3 Å². The predicted octanol–water partition coefficient (Wildman–Crippen LogP) is 8.52. The molecule has 2 aliphatic heterocycles. The zero-order chi connectivity index (χ0) is 43.5. The van der Waals surface area contributed by atoms with Crippen molar-refractivity contribution in [1.82, 2.24) is 30.0 Å². The van der Waals surface area contributed by atoms with Crippen LogP contribution in [-0.4, -0.2) is 94.7 Å². The number of fused-ring (bicyclic) bond motifs is 3. The number of carbonyl (C=O) groups is 2. The van der Waals surface area contributed by atoms with Crippen molar-refractivity contribution in [2.75, 3.05) is 49.6 Å². The number of aryl methyl sites for hydroxylation is 1. The second kappa shape index (κ2) is 19.0. The van der Waals surface area contributed by atoms with Crippen LogP contribution in [0, 0.1) is 17.2 Å². The number of nitriles is 1. The van der Waals surface area contributed by atoms with Gasteiger partial charge in [0.15, 0.2) is 11.5 Å². The molecule has 3 atom stereocenters. The van der Waals surface area contributed by atoms with Gasteiger partial charge in [0.2, 0.25) is 0 Å². The lowest BCUT2D eigenvalue weighted by Gasteiger charge is -2.39. The van der Waals surface area contributed by atoms with Crippen molar-refractivity contribution in [3.63, 3.8) is 0 Å². The Bertz CT molecular complexity index is 2460. The van der Waals surface area contributed by atoms with Crippen LogP contribution < -0.4 is 19.9 Å². The molecule has 3 aromatic carbocycles. The third-order valence-electron chi connectivity index (χ3n) is 13.7. The topological polar surface area (TPSA) is 142 Å². The summed E-state index contributed by atoms with van der Waals surface area (Å²) in [5.41, 5.74) is 6.25. The number of amides is 2. The number of nitrogens with zero attached hydrogens (tertiary/aromatic N) is 8. The van der Waals surface area contributed by atoms with E-state index >= 15 is 0 Å². The van der Waals surface area contributed by atoms with Gasteiger partial charge in [-0.1, -0.05) is 48.4 Å². The van der Waals surface area contributed by atoms with Gasteiger partial charge in [-0.25, -0.2) is 9.78 Å². The number of benzene rings is 3. The van der Waals surface area contributed by atoms with Crippen LogP contribution in [0.3, 0.4) is 0 Å². The third kappa shape index (κ3) is 9.34. The maximum atomic E-state index is 13.2. The van der Waals surface area contributed by atoms with Gasteiger partial charge < -0.3 is 24.3 Å². The average Bonchev–Trinajstić information content (AvgIpc) is 3.68. The SMILES string of the molecule is COC(=O)N1c2ccc3c(nc(Cc4ccccc4)n3C3CCC[C@H](CN4CCN(c5ccc(C(=O)NC6CCC(Oc7ccc(C#N)c(Cl)c7)CC6)nn5)CC4)C3)c2CC[C@@H]1C. The molecule has 1 unspecified atom stereocenters. The lowest BCUT2D eigenvalue weighted by molar-refractivity contribution is 0.0888. The molecule has 2 saturated carbocycles. The Labute approximate surface area is 374 Å². The summed E-state index contributed by atoms with van der Waals surface area (Å²) >= 11 is 6.18. The summed E-state index contributed by atoms with van der Waals surface area (Å²) in [6, 6.07) is 26.3. The summed E-state index contributed by atoms with van der Waals surface area (Å²) in [5, 5.41) is 21.5. The molecule has 1 saturated heterocycles. The van der Waals surface area contributed by atoms with Crippen molar-refractivity contribution in [1.29, 1.82) is 5.26 Å². The molecular formula is C49H56ClN9O4. The summed E-state index contributed by atoms with van der Waals surface area (Å²) in [5.74, 6) is 2.92. The number of rotatable bonds is 10. The fraction of sp³-hybridized carbons (Fsp3) is 0.469. The quantitative estimate of drug-likeness (QED) is 0.145. The molecule has 3 fully saturated rings. The van der Waals surface area contributed by atoms with E-state index in [1.54, 1.807) is 29.2 Å². The van der Waals surface area contributed by atoms with Crippen LogP contribution in [0.5, 0.6) is 5.75 Å². The minimum atomic E-state index is -0.319. The van der Waals surface area contributed by atoms with E-state index in [4.69, 9.17) is 31.3 Å². The highest BCUT2D eigenvalue weighted by atomic mass is 35.5. The first-order valence-electron chi connectivity index (χ1n) is 22.7. The Morgan fingerprint density at radius 3 is 2.46 bits per heavy atom. The molecule has 14 heteroatoms. The molecule has 0 spiro atoms. The predicted molar refractivity (Wildman–Crippen MR) is 244 cm³/mol. The fourth-order valence-electron chi connectivity index (χ4n) is 10.4. The number of anilines is 2.